The van der Waals surface area contributed by atoms with Gasteiger partial charge in [0.15, 0.2) is 0 Å². The minimum atomic E-state index is -0.789. The van der Waals surface area contributed by atoms with Crippen molar-refractivity contribution in [3.63, 3.8) is 0 Å². The van der Waals surface area contributed by atoms with E-state index in [1.807, 2.05) is 0 Å². The molecule has 0 aromatic carbocycles. The largest absolute Gasteiger partial charge is 0.462 e. The van der Waals surface area contributed by atoms with E-state index >= 15 is 0 Å². The molecular weight excluding hydrogens is 731 g/mol. The number of rotatable bonds is 47. The van der Waals surface area contributed by atoms with Gasteiger partial charge in [0, 0.05) is 6.42 Å². The molecule has 0 spiro atoms. The van der Waals surface area contributed by atoms with Gasteiger partial charge >= 0.3 is 5.97 Å². The monoisotopic (exact) mass is 832 g/mol. The molecule has 0 heterocycles. The van der Waals surface area contributed by atoms with E-state index in [0.717, 1.165) is 70.6 Å². The van der Waals surface area contributed by atoms with Crippen LogP contribution in [0.25, 0.3) is 0 Å². The summed E-state index contributed by atoms with van der Waals surface area (Å²) in [6, 6.07) is -0.703. The molecule has 3 N–H and O–H groups in total. The van der Waals surface area contributed by atoms with E-state index in [1.54, 1.807) is 0 Å². The second-order valence-electron chi connectivity index (χ2n) is 17.9. The Hall–Kier alpha value is -1.66. The number of carbonyl (C=O) groups excluding carboxylic acids is 2. The van der Waals surface area contributed by atoms with Crippen molar-refractivity contribution in [2.24, 2.45) is 0 Å². The first-order valence-corrected chi connectivity index (χ1v) is 26.1. The van der Waals surface area contributed by atoms with Crippen LogP contribution in [0.3, 0.4) is 0 Å². The number of amides is 1. The number of allylic oxidation sites excluding steroid dienone is 4. The Morgan fingerprint density at radius 3 is 1.29 bits per heavy atom. The molecule has 0 bridgehead atoms. The zero-order valence-corrected chi connectivity index (χ0v) is 39.7. The number of hydrogen-bond donors (Lipinski definition) is 3. The molecule has 0 aromatic heterocycles. The van der Waals surface area contributed by atoms with Crippen LogP contribution in [0.2, 0.25) is 0 Å². The number of ether oxygens (including phenoxy) is 1. The fourth-order valence-electron chi connectivity index (χ4n) is 8.02. The molecule has 0 saturated carbocycles. The predicted octanol–water partition coefficient (Wildman–Crippen LogP) is 15.5. The Balaban J connectivity index is 4.54. The summed E-state index contributed by atoms with van der Waals surface area (Å²) in [5.41, 5.74) is 0. The third-order valence-corrected chi connectivity index (χ3v) is 12.0. The van der Waals surface area contributed by atoms with Crippen molar-refractivity contribution in [1.29, 1.82) is 0 Å². The van der Waals surface area contributed by atoms with Gasteiger partial charge in [0.2, 0.25) is 5.91 Å². The summed E-state index contributed by atoms with van der Waals surface area (Å²) < 4.78 is 5.91. The van der Waals surface area contributed by atoms with Gasteiger partial charge in [-0.25, -0.2) is 0 Å². The molecular formula is C53H101NO5. The average molecular weight is 832 g/mol. The molecule has 3 atom stereocenters. The van der Waals surface area contributed by atoms with E-state index in [2.05, 4.69) is 50.4 Å². The lowest BCUT2D eigenvalue weighted by molar-refractivity contribution is -0.151. The molecule has 0 saturated heterocycles. The molecule has 59 heavy (non-hydrogen) atoms. The zero-order valence-electron chi connectivity index (χ0n) is 39.7. The second-order valence-corrected chi connectivity index (χ2v) is 17.9. The lowest BCUT2D eigenvalue weighted by Crippen LogP contribution is -2.46. The average Bonchev–Trinajstić information content (AvgIpc) is 3.23. The van der Waals surface area contributed by atoms with Crippen LogP contribution < -0.4 is 5.32 Å². The third kappa shape index (κ3) is 42.8. The summed E-state index contributed by atoms with van der Waals surface area (Å²) in [6.07, 6.45) is 53.8. The number of unbranched alkanes of at least 4 members (excludes halogenated alkanes) is 31. The first kappa shape index (κ1) is 57.3. The molecule has 348 valence electrons. The highest BCUT2D eigenvalue weighted by Crippen LogP contribution is 2.18. The smallest absolute Gasteiger partial charge is 0.306 e. The molecule has 1 amide bonds. The van der Waals surface area contributed by atoms with E-state index in [9.17, 15) is 19.8 Å². The van der Waals surface area contributed by atoms with Crippen LogP contribution >= 0.6 is 0 Å². The summed E-state index contributed by atoms with van der Waals surface area (Å²) in [6.45, 7) is 6.44. The molecule has 0 aliphatic carbocycles. The summed E-state index contributed by atoms with van der Waals surface area (Å²) >= 11 is 0. The fourth-order valence-corrected chi connectivity index (χ4v) is 8.02. The maximum Gasteiger partial charge on any atom is 0.306 e. The van der Waals surface area contributed by atoms with Crippen molar-refractivity contribution in [3.05, 3.63) is 24.3 Å². The first-order valence-electron chi connectivity index (χ1n) is 26.1. The van der Waals surface area contributed by atoms with Crippen LogP contribution in [-0.2, 0) is 14.3 Å². The highest BCUT2D eigenvalue weighted by Gasteiger charge is 2.24. The number of nitrogens with one attached hydrogen (secondary N) is 1. The van der Waals surface area contributed by atoms with Crippen LogP contribution in [0.4, 0.5) is 0 Å². The molecule has 0 aliphatic rings. The van der Waals surface area contributed by atoms with Crippen molar-refractivity contribution in [2.45, 2.75) is 296 Å². The molecule has 0 radical (unpaired) electrons. The Bertz CT molecular complexity index is 935. The normalized spacial score (nSPS) is 13.4. The van der Waals surface area contributed by atoms with E-state index in [1.165, 1.54) is 161 Å². The second kappa shape index (κ2) is 47.4. The van der Waals surface area contributed by atoms with Crippen LogP contribution in [0.15, 0.2) is 24.3 Å². The molecule has 0 aromatic rings. The number of esters is 1. The predicted molar refractivity (Wildman–Crippen MR) is 255 cm³/mol. The van der Waals surface area contributed by atoms with Crippen molar-refractivity contribution < 1.29 is 24.5 Å². The number of aliphatic hydroxyl groups excluding tert-OH is 2. The van der Waals surface area contributed by atoms with E-state index in [0.29, 0.717) is 19.3 Å². The van der Waals surface area contributed by atoms with Crippen LogP contribution in [0.5, 0.6) is 0 Å². The van der Waals surface area contributed by atoms with Crippen LogP contribution in [0, 0.1) is 0 Å². The van der Waals surface area contributed by atoms with Gasteiger partial charge < -0.3 is 20.3 Å². The Morgan fingerprint density at radius 1 is 0.475 bits per heavy atom. The molecule has 6 nitrogen and oxygen atoms in total. The first-order chi connectivity index (χ1) is 29.0. The Morgan fingerprint density at radius 2 is 0.847 bits per heavy atom. The fraction of sp³-hybridized carbons (Fsp3) is 0.887. The quantitative estimate of drug-likeness (QED) is 0.0322. The Kier molecular flexibility index (Phi) is 46.1. The van der Waals surface area contributed by atoms with Gasteiger partial charge in [-0.05, 0) is 70.6 Å². The SMILES string of the molecule is CCC/C=C\CCCCCCCC(=O)OC(CCCCC/C=C/CCCCCCCCCCC)CC(=O)NC(CO)C(O)CCCCCCCCCCCCCCCC. The van der Waals surface area contributed by atoms with Crippen molar-refractivity contribution in [3.8, 4) is 0 Å². The molecule has 6 heteroatoms. The molecule has 0 aliphatic heterocycles. The minimum Gasteiger partial charge on any atom is -0.462 e. The Labute approximate surface area is 367 Å². The number of aliphatic hydroxyl groups is 2. The van der Waals surface area contributed by atoms with E-state index in [-0.39, 0.29) is 24.9 Å². The zero-order chi connectivity index (χ0) is 43.1. The highest BCUT2D eigenvalue weighted by molar-refractivity contribution is 5.77. The summed E-state index contributed by atoms with van der Waals surface area (Å²) in [5.74, 6) is -0.490. The number of carbonyl (C=O) groups is 2. The van der Waals surface area contributed by atoms with Crippen molar-refractivity contribution in [2.75, 3.05) is 6.61 Å². The lowest BCUT2D eigenvalue weighted by Gasteiger charge is -2.24. The maximum absolute atomic E-state index is 13.2. The van der Waals surface area contributed by atoms with E-state index in [4.69, 9.17) is 4.74 Å². The van der Waals surface area contributed by atoms with Crippen molar-refractivity contribution in [1.82, 2.24) is 5.32 Å². The third-order valence-electron chi connectivity index (χ3n) is 12.0. The van der Waals surface area contributed by atoms with Gasteiger partial charge in [-0.3, -0.25) is 9.59 Å². The maximum atomic E-state index is 13.2. The van der Waals surface area contributed by atoms with Gasteiger partial charge in [0.25, 0.3) is 0 Å². The van der Waals surface area contributed by atoms with E-state index < -0.39 is 18.2 Å². The summed E-state index contributed by atoms with van der Waals surface area (Å²) in [5, 5.41) is 23.8. The van der Waals surface area contributed by atoms with Gasteiger partial charge in [-0.15, -0.1) is 0 Å². The standard InChI is InChI=1S/C53H101NO5/c1-4-7-10-13-16-19-22-24-26-27-28-30-32-35-38-41-44-49(59-53(58)46-43-40-37-34-21-18-15-12-9-6-3)47-52(57)54-50(48-55)51(56)45-42-39-36-33-31-29-25-23-20-17-14-11-8-5-2/h12,15,28,30,49-51,55-56H,4-11,13-14,16-27,29,31-48H2,1-3H3,(H,54,57)/b15-12-,30-28+. The van der Waals surface area contributed by atoms with Gasteiger partial charge in [-0.1, -0.05) is 218 Å². The summed E-state index contributed by atoms with van der Waals surface area (Å²) in [7, 11) is 0. The highest BCUT2D eigenvalue weighted by atomic mass is 16.5. The van der Waals surface area contributed by atoms with Gasteiger partial charge in [-0.2, -0.15) is 0 Å². The lowest BCUT2D eigenvalue weighted by atomic mass is 10.0. The van der Waals surface area contributed by atoms with Crippen LogP contribution in [0.1, 0.15) is 278 Å². The molecule has 0 fully saturated rings. The number of hydrogen-bond acceptors (Lipinski definition) is 5. The van der Waals surface area contributed by atoms with Gasteiger partial charge in [0.1, 0.15) is 6.10 Å². The van der Waals surface area contributed by atoms with Crippen LogP contribution in [-0.4, -0.2) is 46.9 Å². The molecule has 0 rings (SSSR count). The summed E-state index contributed by atoms with van der Waals surface area (Å²) in [4.78, 5) is 26.1. The van der Waals surface area contributed by atoms with Gasteiger partial charge in [0.05, 0.1) is 25.2 Å². The molecule has 3 unspecified atom stereocenters. The topological polar surface area (TPSA) is 95.9 Å². The van der Waals surface area contributed by atoms with Crippen molar-refractivity contribution >= 4 is 11.9 Å². The minimum absolute atomic E-state index is 0.0675.